The van der Waals surface area contributed by atoms with Gasteiger partial charge >= 0.3 is 0 Å². The molecule has 0 fully saturated rings. The number of aryl methyl sites for hydroxylation is 2. The van der Waals surface area contributed by atoms with E-state index in [0.717, 1.165) is 32.3 Å². The first-order valence-electron chi connectivity index (χ1n) is 6.68. The van der Waals surface area contributed by atoms with Gasteiger partial charge in [0, 0.05) is 16.1 Å². The molecule has 2 aromatic carbocycles. The molecule has 0 aliphatic carbocycles. The van der Waals surface area contributed by atoms with Crippen LogP contribution in [0.15, 0.2) is 30.3 Å². The zero-order chi connectivity index (χ0) is 14.9. The summed E-state index contributed by atoms with van der Waals surface area (Å²) in [6.07, 6.45) is 0. The third-order valence-corrected chi connectivity index (χ3v) is 4.45. The van der Waals surface area contributed by atoms with Crippen LogP contribution < -0.4 is 5.32 Å². The molecular formula is C17H19Cl2N. The number of halogens is 2. The van der Waals surface area contributed by atoms with Gasteiger partial charge in [0.25, 0.3) is 0 Å². The fourth-order valence-electron chi connectivity index (χ4n) is 2.29. The maximum Gasteiger partial charge on any atom is 0.0459 e. The van der Waals surface area contributed by atoms with E-state index in [1.807, 2.05) is 26.1 Å². The van der Waals surface area contributed by atoms with Crippen molar-refractivity contribution in [2.75, 3.05) is 7.05 Å². The van der Waals surface area contributed by atoms with Gasteiger partial charge in [-0.1, -0.05) is 35.3 Å². The van der Waals surface area contributed by atoms with E-state index >= 15 is 0 Å². The van der Waals surface area contributed by atoms with Gasteiger partial charge < -0.3 is 5.32 Å². The van der Waals surface area contributed by atoms with Gasteiger partial charge in [-0.05, 0) is 73.8 Å². The molecule has 1 nitrogen and oxygen atoms in total. The fourth-order valence-corrected chi connectivity index (χ4v) is 2.86. The van der Waals surface area contributed by atoms with Crippen molar-refractivity contribution in [3.63, 3.8) is 0 Å². The van der Waals surface area contributed by atoms with Crippen LogP contribution in [0.4, 0.5) is 0 Å². The Morgan fingerprint density at radius 3 is 2.25 bits per heavy atom. The van der Waals surface area contributed by atoms with E-state index in [2.05, 4.69) is 37.4 Å². The molecule has 20 heavy (non-hydrogen) atoms. The van der Waals surface area contributed by atoms with Crippen molar-refractivity contribution in [3.8, 4) is 11.1 Å². The quantitative estimate of drug-likeness (QED) is 0.783. The summed E-state index contributed by atoms with van der Waals surface area (Å²) in [6.45, 7) is 6.18. The molecule has 0 radical (unpaired) electrons. The molecular weight excluding hydrogens is 289 g/mol. The number of rotatable bonds is 3. The first-order chi connectivity index (χ1) is 9.43. The minimum atomic E-state index is 0.240. The summed E-state index contributed by atoms with van der Waals surface area (Å²) in [4.78, 5) is 0. The second-order valence-electron chi connectivity index (χ2n) is 5.16. The monoisotopic (exact) mass is 307 g/mol. The molecule has 0 aliphatic heterocycles. The van der Waals surface area contributed by atoms with Crippen LogP contribution in [0.25, 0.3) is 11.1 Å². The van der Waals surface area contributed by atoms with Crippen LogP contribution >= 0.6 is 23.2 Å². The molecule has 2 aromatic rings. The van der Waals surface area contributed by atoms with E-state index in [-0.39, 0.29) is 6.04 Å². The Hall–Kier alpha value is -1.02. The zero-order valence-electron chi connectivity index (χ0n) is 12.2. The first-order valence-corrected chi connectivity index (χ1v) is 7.43. The second-order valence-corrected chi connectivity index (χ2v) is 5.98. The van der Waals surface area contributed by atoms with Crippen LogP contribution in [0.5, 0.6) is 0 Å². The lowest BCUT2D eigenvalue weighted by molar-refractivity contribution is 0.652. The summed E-state index contributed by atoms with van der Waals surface area (Å²) in [5, 5.41) is 4.80. The van der Waals surface area contributed by atoms with E-state index in [0.29, 0.717) is 0 Å². The molecule has 1 atom stereocenters. The molecule has 1 unspecified atom stereocenters. The van der Waals surface area contributed by atoms with Gasteiger partial charge in [0.05, 0.1) is 0 Å². The predicted octanol–water partition coefficient (Wildman–Crippen LogP) is 5.56. The standard InChI is InChI=1S/C17H19Cl2N/c1-10-8-16(18)11(2)7-15(10)13-5-6-14(12(3)20-4)17(19)9-13/h5-9,12,20H,1-4H3. The van der Waals surface area contributed by atoms with E-state index < -0.39 is 0 Å². The highest BCUT2D eigenvalue weighted by Crippen LogP contribution is 2.32. The predicted molar refractivity (Wildman–Crippen MR) is 88.8 cm³/mol. The Balaban J connectivity index is 2.49. The van der Waals surface area contributed by atoms with Crippen LogP contribution in [0, 0.1) is 13.8 Å². The topological polar surface area (TPSA) is 12.0 Å². The Bertz CT molecular complexity index is 635. The summed E-state index contributed by atoms with van der Waals surface area (Å²) in [5.41, 5.74) is 5.65. The summed E-state index contributed by atoms with van der Waals surface area (Å²) in [7, 11) is 1.93. The molecule has 0 heterocycles. The molecule has 0 spiro atoms. The van der Waals surface area contributed by atoms with Gasteiger partial charge in [-0.2, -0.15) is 0 Å². The molecule has 1 N–H and O–H groups in total. The van der Waals surface area contributed by atoms with Gasteiger partial charge in [0.15, 0.2) is 0 Å². The van der Waals surface area contributed by atoms with Crippen molar-refractivity contribution in [1.82, 2.24) is 5.32 Å². The van der Waals surface area contributed by atoms with E-state index in [1.165, 1.54) is 5.56 Å². The summed E-state index contributed by atoms with van der Waals surface area (Å²) in [6, 6.07) is 10.6. The van der Waals surface area contributed by atoms with Gasteiger partial charge in [0.1, 0.15) is 0 Å². The third-order valence-electron chi connectivity index (χ3n) is 3.72. The van der Waals surface area contributed by atoms with E-state index in [4.69, 9.17) is 23.2 Å². The molecule has 0 aliphatic rings. The average Bonchev–Trinajstić information content (AvgIpc) is 2.42. The number of hydrogen-bond acceptors (Lipinski definition) is 1. The molecule has 2 rings (SSSR count). The second kappa shape index (κ2) is 6.17. The Labute approximate surface area is 130 Å². The molecule has 0 bridgehead atoms. The Kier molecular flexibility index (Phi) is 4.74. The molecule has 0 saturated carbocycles. The van der Waals surface area contributed by atoms with Crippen LogP contribution in [-0.2, 0) is 0 Å². The normalized spacial score (nSPS) is 12.5. The van der Waals surface area contributed by atoms with Crippen molar-refractivity contribution >= 4 is 23.2 Å². The maximum atomic E-state index is 6.41. The van der Waals surface area contributed by atoms with Crippen molar-refractivity contribution in [3.05, 3.63) is 57.1 Å². The largest absolute Gasteiger partial charge is 0.313 e. The molecule has 0 amide bonds. The van der Waals surface area contributed by atoms with Gasteiger partial charge in [-0.25, -0.2) is 0 Å². The molecule has 0 saturated heterocycles. The van der Waals surface area contributed by atoms with Crippen molar-refractivity contribution in [2.45, 2.75) is 26.8 Å². The number of hydrogen-bond donors (Lipinski definition) is 1. The van der Waals surface area contributed by atoms with Crippen molar-refractivity contribution in [2.24, 2.45) is 0 Å². The van der Waals surface area contributed by atoms with E-state index in [9.17, 15) is 0 Å². The van der Waals surface area contributed by atoms with Crippen LogP contribution in [0.3, 0.4) is 0 Å². The number of benzene rings is 2. The lowest BCUT2D eigenvalue weighted by Crippen LogP contribution is -2.12. The minimum absolute atomic E-state index is 0.240. The Morgan fingerprint density at radius 2 is 1.65 bits per heavy atom. The van der Waals surface area contributed by atoms with Gasteiger partial charge in [-0.15, -0.1) is 0 Å². The van der Waals surface area contributed by atoms with Gasteiger partial charge in [-0.3, -0.25) is 0 Å². The minimum Gasteiger partial charge on any atom is -0.313 e. The average molecular weight is 308 g/mol. The molecule has 106 valence electrons. The summed E-state index contributed by atoms with van der Waals surface area (Å²) >= 11 is 12.6. The SMILES string of the molecule is CNC(C)c1ccc(-c2cc(C)c(Cl)cc2C)cc1Cl. The lowest BCUT2D eigenvalue weighted by atomic mass is 9.96. The van der Waals surface area contributed by atoms with Crippen molar-refractivity contribution < 1.29 is 0 Å². The first kappa shape index (κ1) is 15.4. The Morgan fingerprint density at radius 1 is 0.950 bits per heavy atom. The number of nitrogens with one attached hydrogen (secondary N) is 1. The highest BCUT2D eigenvalue weighted by atomic mass is 35.5. The van der Waals surface area contributed by atoms with Gasteiger partial charge in [0.2, 0.25) is 0 Å². The summed E-state index contributed by atoms with van der Waals surface area (Å²) in [5.74, 6) is 0. The van der Waals surface area contributed by atoms with E-state index in [1.54, 1.807) is 0 Å². The van der Waals surface area contributed by atoms with Crippen molar-refractivity contribution in [1.29, 1.82) is 0 Å². The molecule has 3 heteroatoms. The van der Waals surface area contributed by atoms with Crippen LogP contribution in [0.1, 0.15) is 29.7 Å². The smallest absolute Gasteiger partial charge is 0.0459 e. The third kappa shape index (κ3) is 3.01. The van der Waals surface area contributed by atoms with Crippen LogP contribution in [-0.4, -0.2) is 7.05 Å². The maximum absolute atomic E-state index is 6.41. The highest BCUT2D eigenvalue weighted by molar-refractivity contribution is 6.32. The zero-order valence-corrected chi connectivity index (χ0v) is 13.7. The molecule has 0 aromatic heterocycles. The fraction of sp³-hybridized carbons (Fsp3) is 0.294. The summed E-state index contributed by atoms with van der Waals surface area (Å²) < 4.78 is 0. The lowest BCUT2D eigenvalue weighted by Gasteiger charge is -2.15. The highest BCUT2D eigenvalue weighted by Gasteiger charge is 2.11. The van der Waals surface area contributed by atoms with Crippen LogP contribution in [0.2, 0.25) is 10.0 Å².